The molecule has 0 aliphatic carbocycles. The first-order chi connectivity index (χ1) is 14.2. The van der Waals surface area contributed by atoms with Gasteiger partial charge < -0.3 is 9.47 Å². The molecule has 2 aliphatic rings. The zero-order valence-corrected chi connectivity index (χ0v) is 16.6. The van der Waals surface area contributed by atoms with Gasteiger partial charge in [-0.3, -0.25) is 4.98 Å². The van der Waals surface area contributed by atoms with Gasteiger partial charge in [-0.1, -0.05) is 48.0 Å². The molecule has 0 fully saturated rings. The number of hydrogen-bond acceptors (Lipinski definition) is 5. The molecule has 5 rings (SSSR count). The lowest BCUT2D eigenvalue weighted by Crippen LogP contribution is -2.34. The van der Waals surface area contributed by atoms with Crippen molar-refractivity contribution < 1.29 is 9.47 Å². The third-order valence-electron chi connectivity index (χ3n) is 5.43. The SMILES string of the molecule is CCOc1cccc2c1O[C@H](c1cccnc1)N1N=C(c3ccc(C)cc3)C[C@H]21. The summed E-state index contributed by atoms with van der Waals surface area (Å²) in [6.45, 7) is 4.68. The Kier molecular flexibility index (Phi) is 4.43. The smallest absolute Gasteiger partial charge is 0.215 e. The Morgan fingerprint density at radius 3 is 2.72 bits per heavy atom. The zero-order valence-electron chi connectivity index (χ0n) is 16.6. The molecule has 3 heterocycles. The van der Waals surface area contributed by atoms with Gasteiger partial charge in [0.2, 0.25) is 6.23 Å². The predicted octanol–water partition coefficient (Wildman–Crippen LogP) is 5.03. The van der Waals surface area contributed by atoms with E-state index < -0.39 is 0 Å². The van der Waals surface area contributed by atoms with Gasteiger partial charge in [-0.15, -0.1) is 0 Å². The number of para-hydroxylation sites is 1. The van der Waals surface area contributed by atoms with Crippen LogP contribution < -0.4 is 9.47 Å². The lowest BCUT2D eigenvalue weighted by atomic mass is 9.95. The number of pyridine rings is 1. The van der Waals surface area contributed by atoms with Crippen molar-refractivity contribution >= 4 is 5.71 Å². The molecule has 3 aromatic rings. The summed E-state index contributed by atoms with van der Waals surface area (Å²) in [5.41, 5.74) is 5.55. The van der Waals surface area contributed by atoms with Gasteiger partial charge >= 0.3 is 0 Å². The van der Waals surface area contributed by atoms with Gasteiger partial charge in [0.25, 0.3) is 0 Å². The number of hydrogen-bond donors (Lipinski definition) is 0. The molecule has 5 heteroatoms. The summed E-state index contributed by atoms with van der Waals surface area (Å²) in [4.78, 5) is 4.29. The van der Waals surface area contributed by atoms with E-state index in [4.69, 9.17) is 14.6 Å². The first-order valence-corrected chi connectivity index (χ1v) is 9.99. The maximum Gasteiger partial charge on any atom is 0.215 e. The van der Waals surface area contributed by atoms with Gasteiger partial charge in [0.05, 0.1) is 18.4 Å². The summed E-state index contributed by atoms with van der Waals surface area (Å²) >= 11 is 0. The van der Waals surface area contributed by atoms with Crippen LogP contribution in [0.1, 0.15) is 47.9 Å². The highest BCUT2D eigenvalue weighted by atomic mass is 16.5. The molecule has 0 spiro atoms. The summed E-state index contributed by atoms with van der Waals surface area (Å²) in [6, 6.07) is 18.7. The van der Waals surface area contributed by atoms with Crippen molar-refractivity contribution in [1.29, 1.82) is 0 Å². The van der Waals surface area contributed by atoms with Crippen LogP contribution in [-0.2, 0) is 0 Å². The third-order valence-corrected chi connectivity index (χ3v) is 5.43. The number of ether oxygens (including phenoxy) is 2. The van der Waals surface area contributed by atoms with Crippen LogP contribution in [0.5, 0.6) is 11.5 Å². The van der Waals surface area contributed by atoms with Crippen LogP contribution >= 0.6 is 0 Å². The number of nitrogens with zero attached hydrogens (tertiary/aromatic N) is 3. The first kappa shape index (κ1) is 17.7. The maximum absolute atomic E-state index is 6.47. The molecule has 0 N–H and O–H groups in total. The molecule has 0 radical (unpaired) electrons. The van der Waals surface area contributed by atoms with Crippen molar-refractivity contribution in [1.82, 2.24) is 9.99 Å². The van der Waals surface area contributed by atoms with Crippen LogP contribution in [-0.4, -0.2) is 22.3 Å². The second-order valence-electron chi connectivity index (χ2n) is 7.38. The largest absolute Gasteiger partial charge is 0.490 e. The topological polar surface area (TPSA) is 47.0 Å². The number of aryl methyl sites for hydroxylation is 1. The number of hydrazone groups is 1. The van der Waals surface area contributed by atoms with Gasteiger partial charge in [-0.05, 0) is 31.5 Å². The van der Waals surface area contributed by atoms with Gasteiger partial charge in [-0.25, -0.2) is 5.01 Å². The fourth-order valence-electron chi connectivity index (χ4n) is 4.02. The van der Waals surface area contributed by atoms with E-state index in [2.05, 4.69) is 47.2 Å². The first-order valence-electron chi connectivity index (χ1n) is 9.99. The van der Waals surface area contributed by atoms with Crippen molar-refractivity contribution in [2.75, 3.05) is 6.61 Å². The highest BCUT2D eigenvalue weighted by Crippen LogP contribution is 2.50. The lowest BCUT2D eigenvalue weighted by molar-refractivity contribution is -0.0214. The molecule has 5 nitrogen and oxygen atoms in total. The standard InChI is InChI=1S/C24H23N3O2/c1-3-28-22-8-4-7-19-21-14-20(17-11-9-16(2)10-12-17)26-27(21)24(29-23(19)22)18-6-5-13-25-15-18/h4-13,15,21,24H,3,14H2,1-2H3/t21-,24-/m1/s1. The van der Waals surface area contributed by atoms with Crippen LogP contribution in [0, 0.1) is 6.92 Å². The maximum atomic E-state index is 6.47. The molecule has 0 saturated carbocycles. The molecule has 146 valence electrons. The van der Waals surface area contributed by atoms with Gasteiger partial charge in [0.15, 0.2) is 11.5 Å². The molecule has 0 unspecified atom stereocenters. The molecule has 29 heavy (non-hydrogen) atoms. The van der Waals surface area contributed by atoms with E-state index in [1.165, 1.54) is 5.56 Å². The summed E-state index contributed by atoms with van der Waals surface area (Å²) in [6.07, 6.45) is 4.10. The van der Waals surface area contributed by atoms with E-state index in [1.807, 2.05) is 37.4 Å². The predicted molar refractivity (Wildman–Crippen MR) is 112 cm³/mol. The summed E-state index contributed by atoms with van der Waals surface area (Å²) in [5.74, 6) is 1.59. The fourth-order valence-corrected chi connectivity index (χ4v) is 4.02. The molecule has 2 aromatic carbocycles. The average molecular weight is 385 g/mol. The van der Waals surface area contributed by atoms with Gasteiger partial charge in [-0.2, -0.15) is 5.10 Å². The second-order valence-corrected chi connectivity index (χ2v) is 7.38. The van der Waals surface area contributed by atoms with Crippen LogP contribution in [0.15, 0.2) is 72.1 Å². The third kappa shape index (κ3) is 3.12. The molecule has 2 atom stereocenters. The van der Waals surface area contributed by atoms with Crippen molar-refractivity contribution in [2.24, 2.45) is 5.10 Å². The Bertz CT molecular complexity index is 1050. The lowest BCUT2D eigenvalue weighted by Gasteiger charge is -2.38. The summed E-state index contributed by atoms with van der Waals surface area (Å²) in [5, 5.41) is 7.07. The quantitative estimate of drug-likeness (QED) is 0.632. The van der Waals surface area contributed by atoms with E-state index in [0.29, 0.717) is 6.61 Å². The Balaban J connectivity index is 1.60. The van der Waals surface area contributed by atoms with E-state index >= 15 is 0 Å². The molecular weight excluding hydrogens is 362 g/mol. The van der Waals surface area contributed by atoms with E-state index in [9.17, 15) is 0 Å². The molecule has 0 amide bonds. The number of benzene rings is 2. The van der Waals surface area contributed by atoms with E-state index in [-0.39, 0.29) is 12.3 Å². The van der Waals surface area contributed by atoms with Crippen molar-refractivity contribution in [3.05, 3.63) is 89.2 Å². The van der Waals surface area contributed by atoms with Crippen LogP contribution in [0.4, 0.5) is 0 Å². The number of aromatic nitrogens is 1. The molecular formula is C24H23N3O2. The second kappa shape index (κ2) is 7.24. The number of fused-ring (bicyclic) bond motifs is 3. The molecule has 0 bridgehead atoms. The van der Waals surface area contributed by atoms with Crippen LogP contribution in [0.3, 0.4) is 0 Å². The minimum atomic E-state index is -0.342. The monoisotopic (exact) mass is 385 g/mol. The Labute approximate surface area is 170 Å². The minimum Gasteiger partial charge on any atom is -0.490 e. The van der Waals surface area contributed by atoms with E-state index in [1.54, 1.807) is 6.20 Å². The van der Waals surface area contributed by atoms with Crippen LogP contribution in [0.2, 0.25) is 0 Å². The number of rotatable bonds is 4. The molecule has 2 aliphatic heterocycles. The van der Waals surface area contributed by atoms with Crippen molar-refractivity contribution in [3.63, 3.8) is 0 Å². The summed E-state index contributed by atoms with van der Waals surface area (Å²) in [7, 11) is 0. The average Bonchev–Trinajstić information content (AvgIpc) is 3.20. The zero-order chi connectivity index (χ0) is 19.8. The summed E-state index contributed by atoms with van der Waals surface area (Å²) < 4.78 is 12.3. The van der Waals surface area contributed by atoms with Crippen molar-refractivity contribution in [3.8, 4) is 11.5 Å². The highest BCUT2D eigenvalue weighted by molar-refractivity contribution is 6.02. The minimum absolute atomic E-state index is 0.0978. The van der Waals surface area contributed by atoms with Gasteiger partial charge in [0.1, 0.15) is 0 Å². The van der Waals surface area contributed by atoms with E-state index in [0.717, 1.165) is 40.3 Å². The molecule has 1 aromatic heterocycles. The Morgan fingerprint density at radius 1 is 1.10 bits per heavy atom. The highest BCUT2D eigenvalue weighted by Gasteiger charge is 2.42. The molecule has 0 saturated heterocycles. The van der Waals surface area contributed by atoms with Gasteiger partial charge in [0, 0.05) is 29.9 Å². The Hall–Kier alpha value is -3.34. The van der Waals surface area contributed by atoms with Crippen LogP contribution in [0.25, 0.3) is 0 Å². The normalized spacial score (nSPS) is 19.8. The fraction of sp³-hybridized carbons (Fsp3) is 0.250. The Morgan fingerprint density at radius 2 is 1.97 bits per heavy atom. The van der Waals surface area contributed by atoms with Crippen molar-refractivity contribution in [2.45, 2.75) is 32.5 Å².